The van der Waals surface area contributed by atoms with Crippen LogP contribution in [-0.2, 0) is 37.9 Å². The normalized spacial score (nSPS) is 52.3. The van der Waals surface area contributed by atoms with Gasteiger partial charge in [-0.1, -0.05) is 0 Å². The Morgan fingerprint density at radius 2 is 1.06 bits per heavy atom. The third-order valence-corrected chi connectivity index (χ3v) is 8.78. The predicted molar refractivity (Wildman–Crippen MR) is 144 cm³/mol. The SMILES string of the molecule is OC[C@H]1O[C@H](OC[C@H]2O[C@@H](O[C@H]3[C@H](O)[C@H]4N=CCO[C@H]4O[C@@H]3CO)[C@@H](O)[C@@H](O[C@H]3O[C@H](CO)[C@@H](O)[C@H](O)[C@@H]3O)[C@@H]2O)[C@@H](O)[C@@H](O)[C@@H]1O. The Bertz CT molecular complexity index is 1020. The highest BCUT2D eigenvalue weighted by Gasteiger charge is 2.55. The van der Waals surface area contributed by atoms with Gasteiger partial charge < -0.3 is 99.2 Å². The molecule has 5 heterocycles. The highest BCUT2D eigenvalue weighted by molar-refractivity contribution is 5.59. The van der Waals surface area contributed by atoms with E-state index in [-0.39, 0.29) is 6.61 Å². The fourth-order valence-electron chi connectivity index (χ4n) is 6.02. The van der Waals surface area contributed by atoms with Gasteiger partial charge in [0, 0.05) is 6.21 Å². The van der Waals surface area contributed by atoms with E-state index >= 15 is 0 Å². The Kier molecular flexibility index (Phi) is 12.5. The molecule has 4 saturated heterocycles. The van der Waals surface area contributed by atoms with E-state index < -0.39 is 149 Å². The molecule has 0 amide bonds. The van der Waals surface area contributed by atoms with Crippen LogP contribution in [0.2, 0.25) is 0 Å². The summed E-state index contributed by atoms with van der Waals surface area (Å²) in [6.07, 6.45) is -29.8. The van der Waals surface area contributed by atoms with E-state index in [1.54, 1.807) is 0 Å². The number of rotatable bonds is 10. The summed E-state index contributed by atoms with van der Waals surface area (Å²) in [5, 5.41) is 124. The van der Waals surface area contributed by atoms with Gasteiger partial charge in [0.15, 0.2) is 25.2 Å². The Labute approximate surface area is 266 Å². The molecule has 0 aromatic rings. The number of hydrogen-bond donors (Lipinski definition) is 12. The molecule has 0 aliphatic carbocycles. The molecule has 12 N–H and O–H groups in total. The Morgan fingerprint density at radius 3 is 1.68 bits per heavy atom. The number of aliphatic imine (C=N–C) groups is 1. The number of aliphatic hydroxyl groups excluding tert-OH is 12. The molecule has 0 aromatic heterocycles. The third kappa shape index (κ3) is 7.50. The average Bonchev–Trinajstić information content (AvgIpc) is 3.07. The summed E-state index contributed by atoms with van der Waals surface area (Å²) in [6.45, 7) is -2.84. The van der Waals surface area contributed by atoms with Crippen LogP contribution in [0.5, 0.6) is 0 Å². The predicted octanol–water partition coefficient (Wildman–Crippen LogP) is -8.63. The van der Waals surface area contributed by atoms with E-state index in [4.69, 9.17) is 37.9 Å². The second-order valence-corrected chi connectivity index (χ2v) is 11.8. The molecule has 0 aromatic carbocycles. The summed E-state index contributed by atoms with van der Waals surface area (Å²) in [6, 6.07) is -0.991. The Hall–Kier alpha value is -1.13. The number of nitrogens with zero attached hydrogens (tertiary/aromatic N) is 1. The molecule has 272 valence electrons. The van der Waals surface area contributed by atoms with Crippen LogP contribution < -0.4 is 0 Å². The van der Waals surface area contributed by atoms with Crippen molar-refractivity contribution in [1.82, 2.24) is 0 Å². The molecular formula is C26H43NO20. The molecule has 21 nitrogen and oxygen atoms in total. The zero-order chi connectivity index (χ0) is 34.2. The highest BCUT2D eigenvalue weighted by Crippen LogP contribution is 2.34. The smallest absolute Gasteiger partial charge is 0.187 e. The van der Waals surface area contributed by atoms with Crippen LogP contribution >= 0.6 is 0 Å². The van der Waals surface area contributed by atoms with Crippen LogP contribution in [-0.4, -0.2) is 223 Å². The van der Waals surface area contributed by atoms with E-state index in [1.807, 2.05) is 0 Å². The molecule has 5 aliphatic heterocycles. The summed E-state index contributed by atoms with van der Waals surface area (Å²) >= 11 is 0. The third-order valence-electron chi connectivity index (χ3n) is 8.78. The van der Waals surface area contributed by atoms with E-state index in [0.717, 1.165) is 0 Å². The molecule has 21 heteroatoms. The van der Waals surface area contributed by atoms with Crippen molar-refractivity contribution in [2.45, 2.75) is 123 Å². The lowest BCUT2D eigenvalue weighted by atomic mass is 9.95. The zero-order valence-corrected chi connectivity index (χ0v) is 24.7. The van der Waals surface area contributed by atoms with Gasteiger partial charge in [-0.05, 0) is 0 Å². The lowest BCUT2D eigenvalue weighted by Gasteiger charge is -2.49. The van der Waals surface area contributed by atoms with Crippen molar-refractivity contribution in [1.29, 1.82) is 0 Å². The van der Waals surface area contributed by atoms with Crippen LogP contribution in [0.25, 0.3) is 0 Å². The van der Waals surface area contributed by atoms with Crippen LogP contribution in [0.3, 0.4) is 0 Å². The Balaban J connectivity index is 1.37. The monoisotopic (exact) mass is 689 g/mol. The fourth-order valence-corrected chi connectivity index (χ4v) is 6.02. The average molecular weight is 690 g/mol. The molecule has 0 unspecified atom stereocenters. The van der Waals surface area contributed by atoms with Gasteiger partial charge in [-0.15, -0.1) is 0 Å². The minimum atomic E-state index is -1.96. The van der Waals surface area contributed by atoms with Gasteiger partial charge in [-0.25, -0.2) is 0 Å². The van der Waals surface area contributed by atoms with E-state index in [0.29, 0.717) is 0 Å². The van der Waals surface area contributed by atoms with Gasteiger partial charge >= 0.3 is 0 Å². The summed E-state index contributed by atoms with van der Waals surface area (Å²) in [5.74, 6) is 0. The first-order valence-corrected chi connectivity index (χ1v) is 15.0. The van der Waals surface area contributed by atoms with Crippen molar-refractivity contribution in [3.8, 4) is 0 Å². The quantitative estimate of drug-likeness (QED) is 0.101. The molecule has 47 heavy (non-hydrogen) atoms. The number of aliphatic hydroxyl groups is 12. The number of fused-ring (bicyclic) bond motifs is 1. The number of hydrogen-bond acceptors (Lipinski definition) is 21. The second-order valence-electron chi connectivity index (χ2n) is 11.8. The second kappa shape index (κ2) is 15.8. The number of ether oxygens (including phenoxy) is 8. The maximum absolute atomic E-state index is 11.3. The van der Waals surface area contributed by atoms with Crippen molar-refractivity contribution in [3.63, 3.8) is 0 Å². The zero-order valence-electron chi connectivity index (χ0n) is 24.7. The minimum absolute atomic E-state index is 0.0903. The van der Waals surface area contributed by atoms with Gasteiger partial charge in [0.2, 0.25) is 0 Å². The van der Waals surface area contributed by atoms with Crippen LogP contribution in [0.1, 0.15) is 0 Å². The van der Waals surface area contributed by atoms with E-state index in [2.05, 4.69) is 4.99 Å². The van der Waals surface area contributed by atoms with Gasteiger partial charge in [-0.2, -0.15) is 0 Å². The molecular weight excluding hydrogens is 646 g/mol. The first-order chi connectivity index (χ1) is 22.4. The van der Waals surface area contributed by atoms with Gasteiger partial charge in [0.25, 0.3) is 0 Å². The molecule has 0 saturated carbocycles. The lowest BCUT2D eigenvalue weighted by molar-refractivity contribution is -0.380. The minimum Gasteiger partial charge on any atom is -0.394 e. The van der Waals surface area contributed by atoms with Crippen LogP contribution in [0.15, 0.2) is 4.99 Å². The first kappa shape index (κ1) is 37.1. The summed E-state index contributed by atoms with van der Waals surface area (Å²) in [7, 11) is 0. The molecule has 5 aliphatic rings. The van der Waals surface area contributed by atoms with Crippen molar-refractivity contribution in [2.24, 2.45) is 4.99 Å². The van der Waals surface area contributed by atoms with Crippen molar-refractivity contribution >= 4 is 6.21 Å². The molecule has 0 bridgehead atoms. The summed E-state index contributed by atoms with van der Waals surface area (Å²) in [4.78, 5) is 4.16. The van der Waals surface area contributed by atoms with Crippen LogP contribution in [0.4, 0.5) is 0 Å². The summed E-state index contributed by atoms with van der Waals surface area (Å²) in [5.41, 5.74) is 0. The van der Waals surface area contributed by atoms with Gasteiger partial charge in [-0.3, -0.25) is 4.99 Å². The van der Waals surface area contributed by atoms with Crippen molar-refractivity contribution < 1.29 is 99.2 Å². The molecule has 5 rings (SSSR count). The van der Waals surface area contributed by atoms with Crippen LogP contribution in [0, 0.1) is 0 Å². The topological polar surface area (TPSA) is 329 Å². The molecule has 4 fully saturated rings. The lowest BCUT2D eigenvalue weighted by Crippen LogP contribution is -2.67. The largest absolute Gasteiger partial charge is 0.394 e. The maximum atomic E-state index is 11.3. The highest BCUT2D eigenvalue weighted by atomic mass is 16.8. The fraction of sp³-hybridized carbons (Fsp3) is 0.962. The molecule has 0 radical (unpaired) electrons. The van der Waals surface area contributed by atoms with Crippen molar-refractivity contribution in [2.75, 3.05) is 33.0 Å². The molecule has 20 atom stereocenters. The van der Waals surface area contributed by atoms with E-state index in [9.17, 15) is 61.3 Å². The standard InChI is InChI=1S/C26H43NO20/c28-3-7-12(31)16(35)18(37)24(42-7)41-6-10-14(33)22(47-25-19(38)17(36)13(32)8(4-29)43-25)20(39)26(45-10)46-21-9(5-30)44-23-11(15(21)34)27-1-2-40-23/h1,7-26,28-39H,2-6H2/t7-,8-,9-,10-,11-,12-,13-,14-,15-,16+,17+,18+,19+,20+,21-,22+,23+,24+,25-,26+/m1/s1. The Morgan fingerprint density at radius 1 is 0.532 bits per heavy atom. The van der Waals surface area contributed by atoms with Crippen molar-refractivity contribution in [3.05, 3.63) is 0 Å². The van der Waals surface area contributed by atoms with E-state index in [1.165, 1.54) is 6.21 Å². The maximum Gasteiger partial charge on any atom is 0.187 e. The first-order valence-electron chi connectivity index (χ1n) is 15.0. The van der Waals surface area contributed by atoms with Gasteiger partial charge in [0.1, 0.15) is 97.6 Å². The molecule has 0 spiro atoms. The summed E-state index contributed by atoms with van der Waals surface area (Å²) < 4.78 is 44.6. The van der Waals surface area contributed by atoms with Gasteiger partial charge in [0.05, 0.1) is 33.0 Å².